The van der Waals surface area contributed by atoms with E-state index < -0.39 is 0 Å². The maximum atomic E-state index is 3.73. The molecule has 1 aliphatic heterocycles. The van der Waals surface area contributed by atoms with E-state index in [-0.39, 0.29) is 0 Å². The van der Waals surface area contributed by atoms with E-state index in [1.807, 2.05) is 0 Å². The molecule has 0 aromatic heterocycles. The van der Waals surface area contributed by atoms with Gasteiger partial charge in [-0.15, -0.1) is 0 Å². The Morgan fingerprint density at radius 2 is 2.05 bits per heavy atom. The number of para-hydroxylation sites is 1. The molecule has 0 saturated heterocycles. The van der Waals surface area contributed by atoms with Crippen molar-refractivity contribution in [3.05, 3.63) is 29.8 Å². The topological polar surface area (TPSA) is 15.3 Å². The van der Waals surface area contributed by atoms with Crippen LogP contribution in [0.15, 0.2) is 24.3 Å². The minimum Gasteiger partial charge on any atom is -0.369 e. The number of hydrogen-bond acceptors (Lipinski definition) is 2. The molecule has 0 aliphatic carbocycles. The average Bonchev–Trinajstić information content (AvgIpc) is 2.65. The van der Waals surface area contributed by atoms with Gasteiger partial charge in [0.15, 0.2) is 0 Å². The van der Waals surface area contributed by atoms with Gasteiger partial charge in [0.2, 0.25) is 0 Å². The lowest BCUT2D eigenvalue weighted by Crippen LogP contribution is -2.33. The Hall–Kier alpha value is -1.02. The normalized spacial score (nSPS) is 20.4. The van der Waals surface area contributed by atoms with Gasteiger partial charge in [0.1, 0.15) is 0 Å². The molecule has 112 valence electrons. The molecule has 0 bridgehead atoms. The molecule has 0 saturated carbocycles. The summed E-state index contributed by atoms with van der Waals surface area (Å²) in [5.74, 6) is 0. The zero-order chi connectivity index (χ0) is 14.4. The van der Waals surface area contributed by atoms with Crippen LogP contribution < -0.4 is 10.2 Å². The van der Waals surface area contributed by atoms with E-state index in [0.717, 1.165) is 6.54 Å². The Bertz CT molecular complexity index is 402. The van der Waals surface area contributed by atoms with Crippen LogP contribution in [0.3, 0.4) is 0 Å². The highest BCUT2D eigenvalue weighted by molar-refractivity contribution is 5.56. The van der Waals surface area contributed by atoms with Crippen molar-refractivity contribution in [3.8, 4) is 0 Å². The van der Waals surface area contributed by atoms with Crippen LogP contribution >= 0.6 is 0 Å². The van der Waals surface area contributed by atoms with Crippen molar-refractivity contribution in [1.29, 1.82) is 0 Å². The molecule has 20 heavy (non-hydrogen) atoms. The van der Waals surface area contributed by atoms with Crippen LogP contribution in [-0.4, -0.2) is 19.1 Å². The molecule has 1 aliphatic rings. The fraction of sp³-hybridized carbons (Fsp3) is 0.667. The first kappa shape index (κ1) is 15.4. The van der Waals surface area contributed by atoms with E-state index in [1.165, 1.54) is 49.9 Å². The highest BCUT2D eigenvalue weighted by atomic mass is 15.2. The predicted octanol–water partition coefficient (Wildman–Crippen LogP) is 4.52. The van der Waals surface area contributed by atoms with Crippen LogP contribution in [0, 0.1) is 0 Å². The molecule has 2 atom stereocenters. The summed E-state index contributed by atoms with van der Waals surface area (Å²) in [7, 11) is 0. The lowest BCUT2D eigenvalue weighted by molar-refractivity contribution is 0.491. The van der Waals surface area contributed by atoms with Crippen molar-refractivity contribution in [3.63, 3.8) is 0 Å². The van der Waals surface area contributed by atoms with E-state index in [2.05, 4.69) is 55.3 Å². The molecule has 1 aromatic rings. The summed E-state index contributed by atoms with van der Waals surface area (Å²) in [4.78, 5) is 2.63. The smallest absolute Gasteiger partial charge is 0.0417 e. The lowest BCUT2D eigenvalue weighted by atomic mass is 10.0. The number of benzene rings is 1. The molecule has 2 rings (SSSR count). The second kappa shape index (κ2) is 7.68. The van der Waals surface area contributed by atoms with Crippen molar-refractivity contribution in [2.45, 2.75) is 65.0 Å². The van der Waals surface area contributed by atoms with E-state index >= 15 is 0 Å². The predicted molar refractivity (Wildman–Crippen MR) is 88.4 cm³/mol. The summed E-state index contributed by atoms with van der Waals surface area (Å²) in [6, 6.07) is 10.2. The van der Waals surface area contributed by atoms with Crippen LogP contribution in [0.25, 0.3) is 0 Å². The van der Waals surface area contributed by atoms with Crippen molar-refractivity contribution in [2.75, 3.05) is 18.0 Å². The van der Waals surface area contributed by atoms with Gasteiger partial charge in [-0.3, -0.25) is 0 Å². The number of hydrogen-bond donors (Lipinski definition) is 1. The van der Waals surface area contributed by atoms with Crippen molar-refractivity contribution < 1.29 is 0 Å². The summed E-state index contributed by atoms with van der Waals surface area (Å²) in [5.41, 5.74) is 2.96. The largest absolute Gasteiger partial charge is 0.369 e. The van der Waals surface area contributed by atoms with Crippen LogP contribution in [0.1, 0.15) is 64.5 Å². The van der Waals surface area contributed by atoms with E-state index in [0.29, 0.717) is 12.1 Å². The second-order valence-electron chi connectivity index (χ2n) is 6.04. The minimum atomic E-state index is 0.532. The molecule has 0 radical (unpaired) electrons. The Morgan fingerprint density at radius 1 is 1.25 bits per heavy atom. The number of fused-ring (bicyclic) bond motifs is 1. The van der Waals surface area contributed by atoms with Crippen LogP contribution in [-0.2, 0) is 0 Å². The molecule has 0 amide bonds. The molecule has 1 aromatic carbocycles. The fourth-order valence-electron chi connectivity index (χ4n) is 3.35. The van der Waals surface area contributed by atoms with E-state index in [4.69, 9.17) is 0 Å². The maximum Gasteiger partial charge on any atom is 0.0417 e. The molecule has 1 heterocycles. The van der Waals surface area contributed by atoms with Gasteiger partial charge in [-0.05, 0) is 50.8 Å². The zero-order valence-electron chi connectivity index (χ0n) is 13.4. The highest BCUT2D eigenvalue weighted by Crippen LogP contribution is 2.34. The summed E-state index contributed by atoms with van der Waals surface area (Å²) < 4.78 is 0. The zero-order valence-corrected chi connectivity index (χ0v) is 13.4. The quantitative estimate of drug-likeness (QED) is 0.820. The first-order valence-electron chi connectivity index (χ1n) is 8.36. The third-order valence-corrected chi connectivity index (χ3v) is 4.39. The van der Waals surface area contributed by atoms with E-state index in [9.17, 15) is 0 Å². The molecular formula is C18H30N2. The average molecular weight is 274 g/mol. The molecule has 2 unspecified atom stereocenters. The molecule has 1 N–H and O–H groups in total. The van der Waals surface area contributed by atoms with Crippen molar-refractivity contribution in [2.24, 2.45) is 0 Å². The lowest BCUT2D eigenvalue weighted by Gasteiger charge is -2.32. The van der Waals surface area contributed by atoms with Crippen LogP contribution in [0.2, 0.25) is 0 Å². The molecule has 2 nitrogen and oxygen atoms in total. The fourth-order valence-corrected chi connectivity index (χ4v) is 3.35. The van der Waals surface area contributed by atoms with Gasteiger partial charge in [0.05, 0.1) is 0 Å². The van der Waals surface area contributed by atoms with E-state index in [1.54, 1.807) is 0 Å². The third kappa shape index (κ3) is 3.54. The first-order valence-corrected chi connectivity index (χ1v) is 8.36. The van der Waals surface area contributed by atoms with Gasteiger partial charge < -0.3 is 10.2 Å². The number of nitrogens with zero attached hydrogens (tertiary/aromatic N) is 1. The number of rotatable bonds is 6. The van der Waals surface area contributed by atoms with Gasteiger partial charge in [0.25, 0.3) is 0 Å². The Morgan fingerprint density at radius 3 is 2.80 bits per heavy atom. The SMILES string of the molecule is CCCNC1CCCN(C(C)CCC)c2ccccc21. The Labute approximate surface area is 124 Å². The summed E-state index contributed by atoms with van der Waals surface area (Å²) >= 11 is 0. The summed E-state index contributed by atoms with van der Waals surface area (Å²) in [6.45, 7) is 9.21. The van der Waals surface area contributed by atoms with Gasteiger partial charge in [-0.1, -0.05) is 38.5 Å². The number of anilines is 1. The summed E-state index contributed by atoms with van der Waals surface area (Å²) in [5, 5.41) is 3.73. The molecule has 2 heteroatoms. The van der Waals surface area contributed by atoms with Crippen molar-refractivity contribution in [1.82, 2.24) is 5.32 Å². The Balaban J connectivity index is 2.25. The highest BCUT2D eigenvalue weighted by Gasteiger charge is 2.24. The van der Waals surface area contributed by atoms with Gasteiger partial charge >= 0.3 is 0 Å². The maximum absolute atomic E-state index is 3.73. The van der Waals surface area contributed by atoms with Crippen LogP contribution in [0.5, 0.6) is 0 Å². The van der Waals surface area contributed by atoms with Crippen LogP contribution in [0.4, 0.5) is 5.69 Å². The summed E-state index contributed by atoms with van der Waals surface area (Å²) in [6.07, 6.45) is 6.28. The van der Waals surface area contributed by atoms with Gasteiger partial charge in [0, 0.05) is 24.3 Å². The van der Waals surface area contributed by atoms with Gasteiger partial charge in [-0.25, -0.2) is 0 Å². The monoisotopic (exact) mass is 274 g/mol. The molecule has 0 fully saturated rings. The number of nitrogens with one attached hydrogen (secondary N) is 1. The first-order chi connectivity index (χ1) is 9.77. The Kier molecular flexibility index (Phi) is 5.90. The van der Waals surface area contributed by atoms with Gasteiger partial charge in [-0.2, -0.15) is 0 Å². The third-order valence-electron chi connectivity index (χ3n) is 4.39. The molecule has 0 spiro atoms. The standard InChI is InChI=1S/C18H30N2/c1-4-9-15(3)20-14-8-11-17(19-13-5-2)16-10-6-7-12-18(16)20/h6-7,10,12,15,17,19H,4-5,8-9,11,13-14H2,1-3H3. The minimum absolute atomic E-state index is 0.532. The van der Waals surface area contributed by atoms with Crippen molar-refractivity contribution >= 4 is 5.69 Å². The second-order valence-corrected chi connectivity index (χ2v) is 6.04. The molecular weight excluding hydrogens is 244 g/mol.